The molecule has 40 heavy (non-hydrogen) atoms. The van der Waals surface area contributed by atoms with Crippen LogP contribution in [0.15, 0.2) is 46.9 Å². The maximum Gasteiger partial charge on any atom is 0.410 e. The Morgan fingerprint density at radius 2 is 1.90 bits per heavy atom. The zero-order chi connectivity index (χ0) is 29.0. The summed E-state index contributed by atoms with van der Waals surface area (Å²) in [4.78, 5) is 14.6. The summed E-state index contributed by atoms with van der Waals surface area (Å²) in [5, 5.41) is 0. The molecule has 7 nitrogen and oxygen atoms in total. The fourth-order valence-electron chi connectivity index (χ4n) is 4.32. The van der Waals surface area contributed by atoms with Crippen molar-refractivity contribution in [3.8, 4) is 17.6 Å². The number of unbranched alkanes of at least 4 members (excludes halogenated alkanes) is 1. The Bertz CT molecular complexity index is 1110. The second-order valence-electron chi connectivity index (χ2n) is 10.9. The predicted octanol–water partition coefficient (Wildman–Crippen LogP) is 6.87. The average molecular weight is 617 g/mol. The van der Waals surface area contributed by atoms with Crippen LogP contribution in [0.3, 0.4) is 0 Å². The van der Waals surface area contributed by atoms with Crippen molar-refractivity contribution in [2.75, 3.05) is 33.6 Å². The molecule has 1 heterocycles. The number of aryl methyl sites for hydroxylation is 1. The summed E-state index contributed by atoms with van der Waals surface area (Å²) >= 11 is 3.60. The molecule has 2 atom stereocenters. The van der Waals surface area contributed by atoms with E-state index < -0.39 is 5.60 Å². The van der Waals surface area contributed by atoms with Gasteiger partial charge in [-0.05, 0) is 79.7 Å². The van der Waals surface area contributed by atoms with Gasteiger partial charge >= 0.3 is 6.09 Å². The average Bonchev–Trinajstić information content (AvgIpc) is 3.11. The molecule has 0 saturated carbocycles. The van der Waals surface area contributed by atoms with E-state index in [1.807, 2.05) is 58.0 Å². The first-order valence-corrected chi connectivity index (χ1v) is 14.6. The summed E-state index contributed by atoms with van der Waals surface area (Å²) in [7, 11) is 1.59. The molecule has 0 aromatic heterocycles. The topological polar surface area (TPSA) is 66.5 Å². The van der Waals surface area contributed by atoms with Crippen molar-refractivity contribution in [2.24, 2.45) is 0 Å². The maximum absolute atomic E-state index is 12.8. The van der Waals surface area contributed by atoms with Crippen LogP contribution < -0.4 is 4.74 Å². The van der Waals surface area contributed by atoms with Gasteiger partial charge in [0, 0.05) is 43.1 Å². The van der Waals surface area contributed by atoms with Crippen molar-refractivity contribution < 1.29 is 28.5 Å². The molecule has 218 valence electrons. The summed E-state index contributed by atoms with van der Waals surface area (Å²) in [6, 6.07) is 14.0. The molecule has 1 amide bonds. The number of carbonyl (C=O) groups is 1. The van der Waals surface area contributed by atoms with Crippen molar-refractivity contribution in [1.82, 2.24) is 4.90 Å². The lowest BCUT2D eigenvalue weighted by atomic mass is 10.1. The van der Waals surface area contributed by atoms with Crippen LogP contribution in [0.25, 0.3) is 0 Å². The van der Waals surface area contributed by atoms with Crippen LogP contribution in [0.4, 0.5) is 4.79 Å². The third-order valence-electron chi connectivity index (χ3n) is 6.27. The summed E-state index contributed by atoms with van der Waals surface area (Å²) in [6.45, 7) is 10.0. The summed E-state index contributed by atoms with van der Waals surface area (Å²) in [6.07, 6.45) is 2.49. The lowest BCUT2D eigenvalue weighted by Gasteiger charge is -2.28. The molecule has 2 aromatic rings. The van der Waals surface area contributed by atoms with Crippen molar-refractivity contribution >= 4 is 22.0 Å². The first kappa shape index (κ1) is 32.0. The number of ether oxygens (including phenoxy) is 5. The number of methoxy groups -OCH3 is 1. The highest BCUT2D eigenvalue weighted by Gasteiger charge is 2.30. The van der Waals surface area contributed by atoms with Gasteiger partial charge in [0.2, 0.25) is 0 Å². The maximum atomic E-state index is 12.8. The van der Waals surface area contributed by atoms with Gasteiger partial charge in [0.15, 0.2) is 6.79 Å². The van der Waals surface area contributed by atoms with E-state index in [9.17, 15) is 4.79 Å². The smallest absolute Gasteiger partial charge is 0.410 e. The van der Waals surface area contributed by atoms with E-state index in [0.717, 1.165) is 46.2 Å². The predicted molar refractivity (Wildman–Crippen MR) is 159 cm³/mol. The first-order chi connectivity index (χ1) is 19.1. The van der Waals surface area contributed by atoms with Crippen molar-refractivity contribution in [2.45, 2.75) is 77.8 Å². The molecule has 8 heteroatoms. The minimum atomic E-state index is -0.549. The number of carbonyl (C=O) groups excluding carboxylic acids is 1. The Kier molecular flexibility index (Phi) is 12.8. The highest BCUT2D eigenvalue weighted by atomic mass is 79.9. The fourth-order valence-corrected chi connectivity index (χ4v) is 4.96. The van der Waals surface area contributed by atoms with Crippen LogP contribution in [0.1, 0.15) is 63.1 Å². The minimum absolute atomic E-state index is 0.00593. The molecular formula is C32H42BrNO6. The van der Waals surface area contributed by atoms with Gasteiger partial charge in [0.05, 0.1) is 25.4 Å². The van der Waals surface area contributed by atoms with Crippen LogP contribution in [0.5, 0.6) is 5.75 Å². The second-order valence-corrected chi connectivity index (χ2v) is 11.8. The number of hydrogen-bond acceptors (Lipinski definition) is 6. The SMILES string of the molecule is COCOc1cc(C)c(C#CCCCO[C@H]2C[C@H](OCc3ccccc3)CCN(C(=O)OC(C)(C)C)C2)c(Br)c1. The molecule has 0 aliphatic carbocycles. The van der Waals surface area contributed by atoms with Crippen molar-refractivity contribution in [1.29, 1.82) is 0 Å². The van der Waals surface area contributed by atoms with E-state index in [2.05, 4.69) is 39.9 Å². The molecule has 1 saturated heterocycles. The van der Waals surface area contributed by atoms with Gasteiger partial charge in [-0.3, -0.25) is 0 Å². The normalized spacial score (nSPS) is 17.5. The Labute approximate surface area is 247 Å². The lowest BCUT2D eigenvalue weighted by molar-refractivity contribution is -0.0221. The molecule has 0 radical (unpaired) electrons. The van der Waals surface area contributed by atoms with E-state index in [-0.39, 0.29) is 25.1 Å². The van der Waals surface area contributed by atoms with Gasteiger partial charge in [0.25, 0.3) is 0 Å². The third-order valence-corrected chi connectivity index (χ3v) is 6.89. The van der Waals surface area contributed by atoms with E-state index in [0.29, 0.717) is 32.7 Å². The molecule has 1 aliphatic heterocycles. The van der Waals surface area contributed by atoms with Crippen molar-refractivity contribution in [3.63, 3.8) is 0 Å². The number of halogens is 1. The van der Waals surface area contributed by atoms with E-state index in [4.69, 9.17) is 23.7 Å². The van der Waals surface area contributed by atoms with Crippen molar-refractivity contribution in [3.05, 3.63) is 63.6 Å². The molecule has 3 rings (SSSR count). The van der Waals surface area contributed by atoms with Gasteiger partial charge in [-0.1, -0.05) is 42.2 Å². The highest BCUT2D eigenvalue weighted by molar-refractivity contribution is 9.10. The fraction of sp³-hybridized carbons (Fsp3) is 0.531. The molecule has 0 N–H and O–H groups in total. The summed E-state index contributed by atoms with van der Waals surface area (Å²) < 4.78 is 29.6. The largest absolute Gasteiger partial charge is 0.468 e. The van der Waals surface area contributed by atoms with Crippen LogP contribution in [-0.2, 0) is 25.6 Å². The third kappa shape index (κ3) is 11.1. The van der Waals surface area contributed by atoms with Crippen LogP contribution in [0, 0.1) is 18.8 Å². The Balaban J connectivity index is 1.54. The molecule has 0 spiro atoms. The number of amides is 1. The lowest BCUT2D eigenvalue weighted by Crippen LogP contribution is -2.41. The molecule has 1 aliphatic rings. The summed E-state index contributed by atoms with van der Waals surface area (Å²) in [5.41, 5.74) is 2.56. The monoisotopic (exact) mass is 615 g/mol. The number of nitrogens with zero attached hydrogens (tertiary/aromatic N) is 1. The van der Waals surface area contributed by atoms with Crippen LogP contribution >= 0.6 is 15.9 Å². The molecular weight excluding hydrogens is 574 g/mol. The van der Waals surface area contributed by atoms with Gasteiger partial charge in [-0.2, -0.15) is 0 Å². The first-order valence-electron chi connectivity index (χ1n) is 13.8. The van der Waals surface area contributed by atoms with Gasteiger partial charge in [0.1, 0.15) is 11.4 Å². The number of likely N-dealkylation sites (tertiary alicyclic amines) is 1. The number of rotatable bonds is 10. The molecule has 0 bridgehead atoms. The van der Waals surface area contributed by atoms with Crippen LogP contribution in [0.2, 0.25) is 0 Å². The minimum Gasteiger partial charge on any atom is -0.468 e. The highest BCUT2D eigenvalue weighted by Crippen LogP contribution is 2.26. The Hall–Kier alpha value is -2.57. The second kappa shape index (κ2) is 16.0. The van der Waals surface area contributed by atoms with E-state index in [1.54, 1.807) is 12.0 Å². The van der Waals surface area contributed by atoms with Crippen LogP contribution in [-0.4, -0.2) is 62.4 Å². The standard InChI is InChI=1S/C32H42BrNO6/c1-24-18-27(39-23-36-5)20-30(33)29(24)14-10-7-11-17-37-28-19-26(38-22-25-12-8-6-9-13-25)15-16-34(21-28)31(35)40-32(2,3)4/h6,8-9,12-13,18,20,26,28H,7,11,15-17,19,21-23H2,1-5H3/t26-,28+/m1/s1. The molecule has 0 unspecified atom stereocenters. The zero-order valence-corrected chi connectivity index (χ0v) is 25.9. The zero-order valence-electron chi connectivity index (χ0n) is 24.3. The molecule has 1 fully saturated rings. The van der Waals surface area contributed by atoms with Gasteiger partial charge in [-0.15, -0.1) is 0 Å². The van der Waals surface area contributed by atoms with E-state index in [1.165, 1.54) is 0 Å². The van der Waals surface area contributed by atoms with Gasteiger partial charge in [-0.25, -0.2) is 4.79 Å². The van der Waals surface area contributed by atoms with E-state index >= 15 is 0 Å². The van der Waals surface area contributed by atoms with Gasteiger partial charge < -0.3 is 28.6 Å². The Morgan fingerprint density at radius 3 is 2.60 bits per heavy atom. The number of benzene rings is 2. The quantitative estimate of drug-likeness (QED) is 0.165. The number of hydrogen-bond donors (Lipinski definition) is 0. The molecule has 2 aromatic carbocycles. The summed E-state index contributed by atoms with van der Waals surface area (Å²) in [5.74, 6) is 7.26. The Morgan fingerprint density at radius 1 is 1.12 bits per heavy atom.